The molecule has 0 aromatic heterocycles. The van der Waals surface area contributed by atoms with Gasteiger partial charge in [0, 0.05) is 13.5 Å². The number of amides is 2. The maximum atomic E-state index is 14.2. The first-order chi connectivity index (χ1) is 21.4. The van der Waals surface area contributed by atoms with Gasteiger partial charge in [0.15, 0.2) is 5.78 Å². The minimum Gasteiger partial charge on any atom is -0.356 e. The molecular weight excluding hydrogens is 568 g/mol. The van der Waals surface area contributed by atoms with Gasteiger partial charge in [-0.2, -0.15) is 0 Å². The Kier molecular flexibility index (Phi) is 15.2. The van der Waals surface area contributed by atoms with Crippen molar-refractivity contribution in [2.24, 2.45) is 0 Å². The van der Waals surface area contributed by atoms with Gasteiger partial charge in [-0.15, -0.1) is 0 Å². The summed E-state index contributed by atoms with van der Waals surface area (Å²) in [5.74, 6) is 0.0260. The predicted molar refractivity (Wildman–Crippen MR) is 182 cm³/mol. The van der Waals surface area contributed by atoms with Crippen LogP contribution in [0.25, 0.3) is 0 Å². The van der Waals surface area contributed by atoms with E-state index in [-0.39, 0.29) is 29.5 Å². The Morgan fingerprint density at radius 3 is 1.75 bits per heavy atom. The number of Topliss-reactive ketones (excluding diaryl/α,β-unsaturated/α-hetero) is 1. The summed E-state index contributed by atoms with van der Waals surface area (Å²) in [4.78, 5) is 38.6. The van der Waals surface area contributed by atoms with Gasteiger partial charge in [-0.1, -0.05) is 117 Å². The Balaban J connectivity index is 1.93. The molecule has 236 valence electrons. The second-order valence-corrected chi connectivity index (χ2v) is 12.2. The molecule has 0 saturated carbocycles. The fraction of sp³-hybridized carbons (Fsp3) is 0.417. The number of likely N-dealkylation sites (N-methyl/N-ethyl adjacent to an activating group) is 1. The molecule has 0 aliphatic carbocycles. The van der Waals surface area contributed by atoms with E-state index >= 15 is 0 Å². The van der Waals surface area contributed by atoms with Gasteiger partial charge in [0.05, 0.1) is 18.8 Å². The largest absolute Gasteiger partial charge is 0.356 e. The van der Waals surface area contributed by atoms with Crippen LogP contribution in [0.15, 0.2) is 91.0 Å². The van der Waals surface area contributed by atoms with Gasteiger partial charge in [-0.25, -0.2) is 0 Å². The van der Waals surface area contributed by atoms with Gasteiger partial charge in [0.1, 0.15) is 4.75 Å². The molecule has 1 unspecified atom stereocenters. The number of hydrogen-bond acceptors (Lipinski definition) is 6. The summed E-state index contributed by atoms with van der Waals surface area (Å²) in [7, 11) is 1.77. The van der Waals surface area contributed by atoms with E-state index in [4.69, 9.17) is 0 Å². The Morgan fingerprint density at radius 1 is 0.750 bits per heavy atom. The number of benzene rings is 3. The first-order valence-electron chi connectivity index (χ1n) is 15.7. The summed E-state index contributed by atoms with van der Waals surface area (Å²) in [6.45, 7) is 4.49. The van der Waals surface area contributed by atoms with Crippen LogP contribution in [0.5, 0.6) is 0 Å². The summed E-state index contributed by atoms with van der Waals surface area (Å²) >= 11 is 1.25. The van der Waals surface area contributed by atoms with Gasteiger partial charge in [0.2, 0.25) is 5.91 Å². The third-order valence-electron chi connectivity index (χ3n) is 7.61. The highest BCUT2D eigenvalue weighted by Gasteiger charge is 2.40. The highest BCUT2D eigenvalue weighted by molar-refractivity contribution is 8.14. The molecule has 0 spiro atoms. The van der Waals surface area contributed by atoms with E-state index in [1.54, 1.807) is 7.05 Å². The maximum Gasteiger partial charge on any atom is 0.281 e. The Labute approximate surface area is 267 Å². The van der Waals surface area contributed by atoms with E-state index < -0.39 is 10.9 Å². The van der Waals surface area contributed by atoms with Crippen LogP contribution in [0, 0.1) is 0 Å². The molecule has 3 aromatic rings. The number of carbonyl (C=O) groups excluding carboxylic acids is 3. The number of unbranched alkanes of at least 4 members (excludes halogenated alkanes) is 3. The molecule has 8 heteroatoms. The van der Waals surface area contributed by atoms with Crippen LogP contribution in [0.3, 0.4) is 0 Å². The number of thioether (sulfide) groups is 1. The average molecular weight is 617 g/mol. The number of ketones is 1. The molecule has 0 saturated heterocycles. The number of hydrogen-bond donors (Lipinski definition) is 4. The number of rotatable bonds is 19. The molecule has 0 heterocycles. The third kappa shape index (κ3) is 10.6. The van der Waals surface area contributed by atoms with Crippen LogP contribution in [0.1, 0.15) is 75.5 Å². The van der Waals surface area contributed by atoms with Gasteiger partial charge >= 0.3 is 0 Å². The maximum absolute atomic E-state index is 14.2. The van der Waals surface area contributed by atoms with Crippen molar-refractivity contribution in [2.45, 2.75) is 75.7 Å². The number of nitrogens with one attached hydrogen (secondary N) is 4. The molecule has 0 aliphatic heterocycles. The van der Waals surface area contributed by atoms with Crippen LogP contribution in [-0.2, 0) is 14.3 Å². The Bertz CT molecular complexity index is 1180. The minimum absolute atomic E-state index is 0.0582. The molecule has 3 rings (SSSR count). The average Bonchev–Trinajstić information content (AvgIpc) is 3.04. The fourth-order valence-electron chi connectivity index (χ4n) is 5.42. The summed E-state index contributed by atoms with van der Waals surface area (Å²) in [5, 5.41) is 12.4. The number of carbonyl (C=O) groups is 3. The fourth-order valence-corrected chi connectivity index (χ4v) is 6.66. The van der Waals surface area contributed by atoms with E-state index in [2.05, 4.69) is 64.6 Å². The second kappa shape index (κ2) is 19.0. The van der Waals surface area contributed by atoms with Gasteiger partial charge in [0.25, 0.3) is 5.24 Å². The van der Waals surface area contributed by atoms with Crippen molar-refractivity contribution < 1.29 is 14.4 Å². The molecule has 0 radical (unpaired) electrons. The van der Waals surface area contributed by atoms with Gasteiger partial charge < -0.3 is 16.0 Å². The topological polar surface area (TPSA) is 99.3 Å². The zero-order valence-corrected chi connectivity index (χ0v) is 27.1. The SMILES string of the molecule is CCCCC[C@H](NC(CCCCNC(C)=O)NC(=O)SC(c1ccccc1)(c1ccccc1)c1ccccc1)C(=O)CNC. The lowest BCUT2D eigenvalue weighted by molar-refractivity contribution is -0.121. The minimum atomic E-state index is -0.799. The Hall–Kier alpha value is -3.46. The summed E-state index contributed by atoms with van der Waals surface area (Å²) in [5.41, 5.74) is 3.00. The van der Waals surface area contributed by atoms with E-state index in [0.29, 0.717) is 19.4 Å². The van der Waals surface area contributed by atoms with Crippen molar-refractivity contribution >= 4 is 28.7 Å². The van der Waals surface area contributed by atoms with E-state index in [9.17, 15) is 14.4 Å². The van der Waals surface area contributed by atoms with Crippen molar-refractivity contribution in [3.05, 3.63) is 108 Å². The molecule has 44 heavy (non-hydrogen) atoms. The van der Waals surface area contributed by atoms with Crippen molar-refractivity contribution in [3.8, 4) is 0 Å². The molecule has 2 amide bonds. The second-order valence-electron chi connectivity index (χ2n) is 11.1. The molecular formula is C36H48N4O3S. The molecule has 0 fully saturated rings. The highest BCUT2D eigenvalue weighted by atomic mass is 32.2. The first kappa shape index (κ1) is 35.0. The lowest BCUT2D eigenvalue weighted by Gasteiger charge is -2.35. The molecule has 2 atom stereocenters. The van der Waals surface area contributed by atoms with Gasteiger partial charge in [-0.05, 0) is 61.2 Å². The smallest absolute Gasteiger partial charge is 0.281 e. The zero-order chi connectivity index (χ0) is 31.6. The van der Waals surface area contributed by atoms with E-state index in [1.807, 2.05) is 54.6 Å². The molecule has 7 nitrogen and oxygen atoms in total. The molecule has 0 aliphatic rings. The quantitative estimate of drug-likeness (QED) is 0.0709. The monoisotopic (exact) mass is 616 g/mol. The van der Waals surface area contributed by atoms with Crippen molar-refractivity contribution in [1.29, 1.82) is 0 Å². The Morgan fingerprint density at radius 2 is 1.27 bits per heavy atom. The van der Waals surface area contributed by atoms with Crippen LogP contribution in [0.2, 0.25) is 0 Å². The predicted octanol–water partition coefficient (Wildman–Crippen LogP) is 6.38. The standard InChI is InChI=1S/C36H48N4O3S/c1-4-5-9-24-32(33(42)27-37-3)39-34(25-16-17-26-38-28(2)41)40-35(43)44-36(29-18-10-6-11-19-29,30-20-12-7-13-21-30)31-22-14-8-15-23-31/h6-8,10-15,18-23,32,34,37,39H,4-5,9,16-17,24-27H2,1-3H3,(H,38,41)(H,40,43)/t32-,34?/m0/s1. The van der Waals surface area contributed by atoms with Gasteiger partial charge in [-0.3, -0.25) is 19.7 Å². The lowest BCUT2D eigenvalue weighted by Crippen LogP contribution is -2.53. The first-order valence-corrected chi connectivity index (χ1v) is 16.6. The van der Waals surface area contributed by atoms with Crippen LogP contribution >= 0.6 is 11.8 Å². The van der Waals surface area contributed by atoms with Crippen molar-refractivity contribution in [2.75, 3.05) is 20.1 Å². The lowest BCUT2D eigenvalue weighted by atomic mass is 9.84. The summed E-state index contributed by atoms with van der Waals surface area (Å²) in [6.07, 6.45) is 5.50. The van der Waals surface area contributed by atoms with Crippen LogP contribution in [-0.4, -0.2) is 49.3 Å². The molecule has 4 N–H and O–H groups in total. The molecule has 3 aromatic carbocycles. The van der Waals surface area contributed by atoms with Crippen molar-refractivity contribution in [1.82, 2.24) is 21.3 Å². The zero-order valence-electron chi connectivity index (χ0n) is 26.3. The summed E-state index contributed by atoms with van der Waals surface area (Å²) < 4.78 is -0.799. The normalized spacial score (nSPS) is 12.7. The molecule has 0 bridgehead atoms. The van der Waals surface area contributed by atoms with Crippen molar-refractivity contribution in [3.63, 3.8) is 0 Å². The summed E-state index contributed by atoms with van der Waals surface area (Å²) in [6, 6.07) is 30.0. The van der Waals surface area contributed by atoms with Crippen LogP contribution in [0.4, 0.5) is 4.79 Å². The van der Waals surface area contributed by atoms with Crippen LogP contribution < -0.4 is 21.3 Å². The van der Waals surface area contributed by atoms with E-state index in [0.717, 1.165) is 48.8 Å². The highest BCUT2D eigenvalue weighted by Crippen LogP contribution is 2.48. The third-order valence-corrected chi connectivity index (χ3v) is 8.93. The van der Waals surface area contributed by atoms with E-state index in [1.165, 1.54) is 18.7 Å².